The summed E-state index contributed by atoms with van der Waals surface area (Å²) in [6.45, 7) is 10.9. The molecule has 0 saturated heterocycles. The van der Waals surface area contributed by atoms with Crippen molar-refractivity contribution in [1.82, 2.24) is 10.2 Å². The van der Waals surface area contributed by atoms with Crippen molar-refractivity contribution in [2.24, 2.45) is 11.8 Å². The lowest BCUT2D eigenvalue weighted by molar-refractivity contribution is 0.213. The molecule has 2 nitrogen and oxygen atoms in total. The van der Waals surface area contributed by atoms with Crippen LogP contribution in [0.4, 0.5) is 0 Å². The molecule has 1 atom stereocenters. The maximum Gasteiger partial charge on any atom is 0.00965 e. The predicted octanol–water partition coefficient (Wildman–Crippen LogP) is 2.89. The molecule has 17 heavy (non-hydrogen) atoms. The van der Waals surface area contributed by atoms with E-state index in [-0.39, 0.29) is 0 Å². The molecule has 0 spiro atoms. The van der Waals surface area contributed by atoms with E-state index in [1.165, 1.54) is 51.7 Å². The third-order valence-corrected chi connectivity index (χ3v) is 3.94. The monoisotopic (exact) mass is 238 g/mol. The van der Waals surface area contributed by atoms with Crippen LogP contribution in [0.3, 0.4) is 0 Å². The number of nitrogens with zero attached hydrogens (tertiary/aromatic N) is 1. The quantitative estimate of drug-likeness (QED) is 0.664. The third-order valence-electron chi connectivity index (χ3n) is 3.94. The molecule has 0 aromatic heterocycles. The Morgan fingerprint density at radius 1 is 1.12 bits per heavy atom. The molecule has 0 heterocycles. The van der Waals surface area contributed by atoms with Gasteiger partial charge in [-0.25, -0.2) is 0 Å². The van der Waals surface area contributed by atoms with Crippen molar-refractivity contribution in [2.45, 2.75) is 65.0 Å². The highest BCUT2D eigenvalue weighted by Crippen LogP contribution is 2.28. The molecule has 2 aliphatic carbocycles. The number of nitrogens with one attached hydrogen (secondary N) is 1. The van der Waals surface area contributed by atoms with Crippen LogP contribution in [0.1, 0.15) is 52.9 Å². The second kappa shape index (κ2) is 6.19. The fraction of sp³-hybridized carbons (Fsp3) is 1.00. The fourth-order valence-corrected chi connectivity index (χ4v) is 2.41. The molecule has 0 aliphatic heterocycles. The first-order chi connectivity index (χ1) is 8.15. The first-order valence-electron chi connectivity index (χ1n) is 7.62. The van der Waals surface area contributed by atoms with Crippen molar-refractivity contribution in [3.8, 4) is 0 Å². The fourth-order valence-electron chi connectivity index (χ4n) is 2.41. The average molecular weight is 238 g/mol. The molecular weight excluding hydrogens is 208 g/mol. The molecular formula is C15H30N2. The van der Waals surface area contributed by atoms with Gasteiger partial charge in [-0.1, -0.05) is 20.8 Å². The maximum atomic E-state index is 3.66. The van der Waals surface area contributed by atoms with Crippen LogP contribution in [0.2, 0.25) is 0 Å². The SMILES string of the molecule is CC(C)CCN(CC(C)CNC1CC1)C1CC1. The lowest BCUT2D eigenvalue weighted by Gasteiger charge is -2.26. The van der Waals surface area contributed by atoms with E-state index in [1.807, 2.05) is 0 Å². The minimum absolute atomic E-state index is 0.809. The van der Waals surface area contributed by atoms with Crippen molar-refractivity contribution in [1.29, 1.82) is 0 Å². The summed E-state index contributed by atoms with van der Waals surface area (Å²) in [5.41, 5.74) is 0. The topological polar surface area (TPSA) is 15.3 Å². The summed E-state index contributed by atoms with van der Waals surface area (Å²) in [4.78, 5) is 2.75. The van der Waals surface area contributed by atoms with E-state index in [2.05, 4.69) is 31.0 Å². The van der Waals surface area contributed by atoms with Crippen molar-refractivity contribution in [3.05, 3.63) is 0 Å². The van der Waals surface area contributed by atoms with E-state index in [4.69, 9.17) is 0 Å². The van der Waals surface area contributed by atoms with Crippen molar-refractivity contribution in [3.63, 3.8) is 0 Å². The zero-order valence-corrected chi connectivity index (χ0v) is 11.9. The summed E-state index contributed by atoms with van der Waals surface area (Å²) >= 11 is 0. The largest absolute Gasteiger partial charge is 0.314 e. The van der Waals surface area contributed by atoms with Crippen LogP contribution in [0, 0.1) is 11.8 Å². The molecule has 0 aromatic carbocycles. The van der Waals surface area contributed by atoms with E-state index in [0.717, 1.165) is 23.9 Å². The summed E-state index contributed by atoms with van der Waals surface area (Å²) in [6.07, 6.45) is 7.07. The van der Waals surface area contributed by atoms with E-state index in [9.17, 15) is 0 Å². The normalized spacial score (nSPS) is 22.4. The molecule has 1 N–H and O–H groups in total. The Hall–Kier alpha value is -0.0800. The molecule has 2 fully saturated rings. The standard InChI is InChI=1S/C15H30N2/c1-12(2)8-9-17(15-6-7-15)11-13(3)10-16-14-4-5-14/h12-16H,4-11H2,1-3H3. The molecule has 0 amide bonds. The molecule has 1 unspecified atom stereocenters. The number of rotatable bonds is 9. The first-order valence-corrected chi connectivity index (χ1v) is 7.62. The molecule has 2 heteroatoms. The summed E-state index contributed by atoms with van der Waals surface area (Å²) < 4.78 is 0. The first kappa shape index (κ1) is 13.4. The molecule has 2 rings (SSSR count). The van der Waals surface area contributed by atoms with Gasteiger partial charge in [-0.15, -0.1) is 0 Å². The number of hydrogen-bond acceptors (Lipinski definition) is 2. The van der Waals surface area contributed by atoms with Crippen LogP contribution in [-0.2, 0) is 0 Å². The summed E-state index contributed by atoms with van der Waals surface area (Å²) in [6, 6.07) is 1.79. The Labute approximate surface area is 107 Å². The molecule has 0 bridgehead atoms. The Morgan fingerprint density at radius 3 is 2.35 bits per heavy atom. The lowest BCUT2D eigenvalue weighted by atomic mass is 10.1. The molecule has 2 saturated carbocycles. The van der Waals surface area contributed by atoms with E-state index in [1.54, 1.807) is 0 Å². The lowest BCUT2D eigenvalue weighted by Crippen LogP contribution is -2.36. The van der Waals surface area contributed by atoms with Crippen LogP contribution in [0.5, 0.6) is 0 Å². The van der Waals surface area contributed by atoms with Crippen molar-refractivity contribution < 1.29 is 0 Å². The smallest absolute Gasteiger partial charge is 0.00965 e. The molecule has 0 aromatic rings. The van der Waals surface area contributed by atoms with Gasteiger partial charge in [0.2, 0.25) is 0 Å². The van der Waals surface area contributed by atoms with Crippen LogP contribution in [-0.4, -0.2) is 36.6 Å². The summed E-state index contributed by atoms with van der Waals surface area (Å²) in [7, 11) is 0. The van der Waals surface area contributed by atoms with E-state index < -0.39 is 0 Å². The van der Waals surface area contributed by atoms with Crippen LogP contribution < -0.4 is 5.32 Å². The molecule has 0 radical (unpaired) electrons. The third kappa shape index (κ3) is 5.39. The predicted molar refractivity (Wildman–Crippen MR) is 74.2 cm³/mol. The van der Waals surface area contributed by atoms with Gasteiger partial charge in [0.1, 0.15) is 0 Å². The van der Waals surface area contributed by atoms with Crippen LogP contribution in [0.15, 0.2) is 0 Å². The highest BCUT2D eigenvalue weighted by Gasteiger charge is 2.29. The van der Waals surface area contributed by atoms with E-state index in [0.29, 0.717) is 0 Å². The van der Waals surface area contributed by atoms with Gasteiger partial charge < -0.3 is 10.2 Å². The second-order valence-electron chi connectivity index (χ2n) is 6.70. The Bertz CT molecular complexity index is 219. The molecule has 100 valence electrons. The van der Waals surface area contributed by atoms with Crippen molar-refractivity contribution in [2.75, 3.05) is 19.6 Å². The Morgan fingerprint density at radius 2 is 1.82 bits per heavy atom. The van der Waals surface area contributed by atoms with Gasteiger partial charge in [-0.2, -0.15) is 0 Å². The van der Waals surface area contributed by atoms with Crippen molar-refractivity contribution >= 4 is 0 Å². The zero-order valence-electron chi connectivity index (χ0n) is 11.9. The highest BCUT2D eigenvalue weighted by molar-refractivity contribution is 4.86. The zero-order chi connectivity index (χ0) is 12.3. The van der Waals surface area contributed by atoms with Gasteiger partial charge in [-0.05, 0) is 57.0 Å². The Balaban J connectivity index is 1.64. The number of hydrogen-bond donors (Lipinski definition) is 1. The van der Waals surface area contributed by atoms with Gasteiger partial charge >= 0.3 is 0 Å². The van der Waals surface area contributed by atoms with Gasteiger partial charge in [0.25, 0.3) is 0 Å². The highest BCUT2D eigenvalue weighted by atomic mass is 15.2. The minimum Gasteiger partial charge on any atom is -0.314 e. The van der Waals surface area contributed by atoms with Crippen LogP contribution >= 0.6 is 0 Å². The van der Waals surface area contributed by atoms with E-state index >= 15 is 0 Å². The summed E-state index contributed by atoms with van der Waals surface area (Å²) in [5, 5.41) is 3.66. The van der Waals surface area contributed by atoms with Crippen LogP contribution in [0.25, 0.3) is 0 Å². The second-order valence-corrected chi connectivity index (χ2v) is 6.70. The van der Waals surface area contributed by atoms with Gasteiger partial charge in [0.15, 0.2) is 0 Å². The minimum atomic E-state index is 0.809. The summed E-state index contributed by atoms with van der Waals surface area (Å²) in [5.74, 6) is 1.65. The average Bonchev–Trinajstić information content (AvgIpc) is 3.15. The van der Waals surface area contributed by atoms with Gasteiger partial charge in [0, 0.05) is 18.6 Å². The Kier molecular flexibility index (Phi) is 4.87. The maximum absolute atomic E-state index is 3.66. The van der Waals surface area contributed by atoms with Gasteiger partial charge in [-0.3, -0.25) is 0 Å². The van der Waals surface area contributed by atoms with Gasteiger partial charge in [0.05, 0.1) is 0 Å². The molecule has 2 aliphatic rings.